The van der Waals surface area contributed by atoms with Gasteiger partial charge in [0.15, 0.2) is 11.6 Å². The molecule has 0 radical (unpaired) electrons. The lowest BCUT2D eigenvalue weighted by molar-refractivity contribution is -0.0226. The largest absolute Gasteiger partial charge is 0.393 e. The van der Waals surface area contributed by atoms with Crippen molar-refractivity contribution in [2.75, 3.05) is 13.7 Å². The second kappa shape index (κ2) is 16.5. The predicted molar refractivity (Wildman–Crippen MR) is 155 cm³/mol. The molecule has 1 saturated carbocycles. The van der Waals surface area contributed by atoms with E-state index in [1.807, 2.05) is 84.0 Å². The molecule has 204 valence electrons. The molecule has 0 bridgehead atoms. The molecular weight excluding hydrogens is 484 g/mol. The number of Topliss-reactive ketones (excluding diaryl/α,β-unsaturated/α-hetero) is 2. The highest BCUT2D eigenvalue weighted by atomic mass is 35.5. The van der Waals surface area contributed by atoms with Crippen LogP contribution in [0.15, 0.2) is 65.7 Å². The third-order valence-electron chi connectivity index (χ3n) is 6.45. The molecule has 0 saturated heterocycles. The number of hydrogen-bond acceptors (Lipinski definition) is 4. The third kappa shape index (κ3) is 9.85. The lowest BCUT2D eigenvalue weighted by atomic mass is 9.71. The van der Waals surface area contributed by atoms with Gasteiger partial charge in [-0.25, -0.2) is 0 Å². The number of aliphatic hydroxyl groups is 1. The van der Waals surface area contributed by atoms with E-state index in [0.29, 0.717) is 11.1 Å². The van der Waals surface area contributed by atoms with Gasteiger partial charge in [-0.05, 0) is 50.7 Å². The number of allylic oxidation sites excluding steroid dienone is 2. The van der Waals surface area contributed by atoms with Gasteiger partial charge in [0.1, 0.15) is 0 Å². The maximum absolute atomic E-state index is 13.0. The molecule has 2 aromatic rings. The summed E-state index contributed by atoms with van der Waals surface area (Å²) in [7, 11) is 1.58. The summed E-state index contributed by atoms with van der Waals surface area (Å²) >= 11 is 5.54. The van der Waals surface area contributed by atoms with Crippen molar-refractivity contribution in [2.45, 2.75) is 79.2 Å². The number of aliphatic hydroxyl groups excluding tert-OH is 1. The van der Waals surface area contributed by atoms with Crippen LogP contribution in [-0.4, -0.2) is 36.0 Å². The number of ketones is 2. The molecule has 4 nitrogen and oxygen atoms in total. The minimum Gasteiger partial charge on any atom is -0.393 e. The summed E-state index contributed by atoms with van der Waals surface area (Å²) in [5, 5.41) is 9.26. The van der Waals surface area contributed by atoms with E-state index in [4.69, 9.17) is 21.4 Å². The SMILES string of the molecule is CC.CC(C)C1=C(C2CCCCC2)C(=O)c2ccccc2C1=O.COC(C)(C)CO.Clc1ccccc1. The van der Waals surface area contributed by atoms with Crippen LogP contribution in [0.2, 0.25) is 5.02 Å². The van der Waals surface area contributed by atoms with Gasteiger partial charge in [-0.15, -0.1) is 0 Å². The molecule has 0 amide bonds. The van der Waals surface area contributed by atoms with Crippen molar-refractivity contribution in [2.24, 2.45) is 11.8 Å². The lowest BCUT2D eigenvalue weighted by Crippen LogP contribution is -2.29. The van der Waals surface area contributed by atoms with E-state index < -0.39 is 0 Å². The van der Waals surface area contributed by atoms with Gasteiger partial charge in [-0.2, -0.15) is 0 Å². The first-order valence-corrected chi connectivity index (χ1v) is 13.8. The molecule has 0 unspecified atom stereocenters. The van der Waals surface area contributed by atoms with Crippen LogP contribution in [-0.2, 0) is 4.74 Å². The quantitative estimate of drug-likeness (QED) is 0.433. The van der Waals surface area contributed by atoms with Crippen molar-refractivity contribution < 1.29 is 19.4 Å². The minimum absolute atomic E-state index is 0.0702. The fraction of sp³-hybridized carbons (Fsp3) is 0.500. The molecule has 1 N–H and O–H groups in total. The van der Waals surface area contributed by atoms with Crippen molar-refractivity contribution in [1.82, 2.24) is 0 Å². The van der Waals surface area contributed by atoms with Gasteiger partial charge in [0.2, 0.25) is 0 Å². The first kappa shape index (κ1) is 32.8. The van der Waals surface area contributed by atoms with E-state index in [2.05, 4.69) is 0 Å². The number of hydrogen-bond donors (Lipinski definition) is 1. The highest BCUT2D eigenvalue weighted by molar-refractivity contribution is 6.30. The van der Waals surface area contributed by atoms with Crippen molar-refractivity contribution >= 4 is 23.2 Å². The predicted octanol–water partition coefficient (Wildman–Crippen LogP) is 8.37. The van der Waals surface area contributed by atoms with E-state index in [0.717, 1.165) is 29.0 Å². The van der Waals surface area contributed by atoms with E-state index >= 15 is 0 Å². The zero-order chi connectivity index (χ0) is 28.0. The van der Waals surface area contributed by atoms with Crippen LogP contribution in [0, 0.1) is 11.8 Å². The summed E-state index contributed by atoms with van der Waals surface area (Å²) in [5.74, 6) is 0.550. The fourth-order valence-electron chi connectivity index (χ4n) is 4.26. The molecule has 0 aliphatic heterocycles. The van der Waals surface area contributed by atoms with Crippen LogP contribution in [0.3, 0.4) is 0 Å². The van der Waals surface area contributed by atoms with Crippen LogP contribution in [0.4, 0.5) is 0 Å². The highest BCUT2D eigenvalue weighted by Crippen LogP contribution is 2.39. The number of benzene rings is 2. The van der Waals surface area contributed by atoms with Gasteiger partial charge in [0.05, 0.1) is 12.2 Å². The monoisotopic (exact) mass is 528 g/mol. The minimum atomic E-state index is -0.361. The van der Waals surface area contributed by atoms with Gasteiger partial charge >= 0.3 is 0 Å². The molecule has 1 fully saturated rings. The van der Waals surface area contributed by atoms with Gasteiger partial charge < -0.3 is 9.84 Å². The Bertz CT molecular complexity index is 996. The zero-order valence-corrected chi connectivity index (χ0v) is 24.4. The smallest absolute Gasteiger partial charge is 0.190 e. The summed E-state index contributed by atoms with van der Waals surface area (Å²) in [6, 6.07) is 16.7. The Morgan fingerprint density at radius 1 is 0.892 bits per heavy atom. The molecule has 0 aromatic heterocycles. The van der Waals surface area contributed by atoms with E-state index in [9.17, 15) is 9.59 Å². The summed E-state index contributed by atoms with van der Waals surface area (Å²) in [4.78, 5) is 25.8. The van der Waals surface area contributed by atoms with Crippen molar-refractivity contribution in [1.29, 1.82) is 0 Å². The fourth-order valence-corrected chi connectivity index (χ4v) is 4.41. The first-order chi connectivity index (χ1) is 17.6. The Morgan fingerprint density at radius 3 is 1.76 bits per heavy atom. The van der Waals surface area contributed by atoms with Gasteiger partial charge in [-0.3, -0.25) is 9.59 Å². The molecular formula is C32H45ClO4. The van der Waals surface area contributed by atoms with Crippen LogP contribution in [0.5, 0.6) is 0 Å². The number of methoxy groups -OCH3 is 1. The Balaban J connectivity index is 0.000000351. The van der Waals surface area contributed by atoms with Crippen LogP contribution in [0.1, 0.15) is 94.4 Å². The van der Waals surface area contributed by atoms with Crippen LogP contribution < -0.4 is 0 Å². The molecule has 2 aromatic carbocycles. The first-order valence-electron chi connectivity index (χ1n) is 13.4. The van der Waals surface area contributed by atoms with Crippen molar-refractivity contribution in [3.8, 4) is 0 Å². The molecule has 5 heteroatoms. The van der Waals surface area contributed by atoms with Gasteiger partial charge in [-0.1, -0.05) is 101 Å². The second-order valence-electron chi connectivity index (χ2n) is 9.94. The summed E-state index contributed by atoms with van der Waals surface area (Å²) in [5.41, 5.74) is 2.43. The van der Waals surface area contributed by atoms with Crippen LogP contribution >= 0.6 is 11.6 Å². The van der Waals surface area contributed by atoms with Crippen molar-refractivity contribution in [3.05, 3.63) is 81.9 Å². The summed E-state index contributed by atoms with van der Waals surface area (Å²) in [6.45, 7) is 11.8. The number of ether oxygens (including phenoxy) is 1. The topological polar surface area (TPSA) is 63.6 Å². The third-order valence-corrected chi connectivity index (χ3v) is 6.70. The van der Waals surface area contributed by atoms with Gasteiger partial charge in [0.25, 0.3) is 0 Å². The molecule has 0 atom stereocenters. The summed E-state index contributed by atoms with van der Waals surface area (Å²) in [6.07, 6.45) is 5.68. The molecule has 0 heterocycles. The Kier molecular flexibility index (Phi) is 14.7. The molecule has 0 spiro atoms. The zero-order valence-electron chi connectivity index (χ0n) is 23.6. The van der Waals surface area contributed by atoms with E-state index in [1.165, 1.54) is 19.3 Å². The van der Waals surface area contributed by atoms with Gasteiger partial charge in [0, 0.05) is 34.4 Å². The number of fused-ring (bicyclic) bond motifs is 1. The highest BCUT2D eigenvalue weighted by Gasteiger charge is 2.36. The molecule has 2 aliphatic carbocycles. The maximum atomic E-state index is 13.0. The van der Waals surface area contributed by atoms with E-state index in [-0.39, 0.29) is 35.6 Å². The number of carbonyl (C=O) groups excluding carboxylic acids is 2. The molecule has 2 aliphatic rings. The van der Waals surface area contributed by atoms with E-state index in [1.54, 1.807) is 19.2 Å². The average molecular weight is 529 g/mol. The normalized spacial score (nSPS) is 15.5. The molecule has 37 heavy (non-hydrogen) atoms. The number of rotatable bonds is 4. The molecule has 4 rings (SSSR count). The Hall–Kier alpha value is -2.27. The summed E-state index contributed by atoms with van der Waals surface area (Å²) < 4.78 is 4.84. The number of halogens is 1. The standard InChI is InChI=1S/C19H22O2.C6H5Cl.C5H12O2.C2H6/c1-12(2)16-17(13-8-4-3-5-9-13)19(21)15-11-7-6-10-14(15)18(16)20;7-6-4-2-1-3-5-6;1-5(2,4-6)7-3;1-2/h6-7,10-13H,3-5,8-9H2,1-2H3;1-5H;6H,4H2,1-3H3;1-2H3. The maximum Gasteiger partial charge on any atom is 0.190 e. The second-order valence-corrected chi connectivity index (χ2v) is 10.4. The van der Waals surface area contributed by atoms with Crippen molar-refractivity contribution in [3.63, 3.8) is 0 Å². The Labute approximate surface area is 229 Å². The average Bonchev–Trinajstić information content (AvgIpc) is 2.93. The van der Waals surface area contributed by atoms with Crippen LogP contribution in [0.25, 0.3) is 0 Å². The lowest BCUT2D eigenvalue weighted by Gasteiger charge is -2.30. The number of carbonyl (C=O) groups is 2. The Morgan fingerprint density at radius 2 is 1.38 bits per heavy atom.